The van der Waals surface area contributed by atoms with E-state index in [2.05, 4.69) is 58.8 Å². The van der Waals surface area contributed by atoms with Gasteiger partial charge in [-0.25, -0.2) is 0 Å². The van der Waals surface area contributed by atoms with Gasteiger partial charge in [0.25, 0.3) is 0 Å². The maximum absolute atomic E-state index is 5.14. The smallest absolute Gasteiger partial charge is 0.223 e. The number of aryl methyl sites for hydroxylation is 2. The van der Waals surface area contributed by atoms with Gasteiger partial charge in [-0.3, -0.25) is 0 Å². The second kappa shape index (κ2) is 5.70. The summed E-state index contributed by atoms with van der Waals surface area (Å²) in [6.07, 6.45) is 5.35. The van der Waals surface area contributed by atoms with Crippen molar-refractivity contribution in [2.24, 2.45) is 0 Å². The van der Waals surface area contributed by atoms with Crippen molar-refractivity contribution >= 4 is 5.69 Å². The average molecular weight is 345 g/mol. The fraction of sp³-hybridized carbons (Fsp3) is 0.364. The summed E-state index contributed by atoms with van der Waals surface area (Å²) in [6, 6.07) is 13.3. The standard InChI is InChI=1S/C22H23N3O/c1-14-5-6-17(21-24-15(2)26-25-21)11-18(14)16-7-8-19-20(12-16)23-13-22(19)9-3-4-10-22/h5-8,11-12,23H,3-4,9-10,13H2,1-2H3. The minimum absolute atomic E-state index is 0.382. The Hall–Kier alpha value is -2.62. The zero-order chi connectivity index (χ0) is 17.7. The van der Waals surface area contributed by atoms with E-state index in [1.807, 2.05) is 6.92 Å². The summed E-state index contributed by atoms with van der Waals surface area (Å²) in [5.74, 6) is 1.23. The molecule has 132 valence electrons. The van der Waals surface area contributed by atoms with Gasteiger partial charge >= 0.3 is 0 Å². The molecule has 4 heteroatoms. The van der Waals surface area contributed by atoms with Crippen molar-refractivity contribution in [1.82, 2.24) is 10.1 Å². The molecule has 1 N–H and O–H groups in total. The van der Waals surface area contributed by atoms with Gasteiger partial charge in [-0.15, -0.1) is 0 Å². The molecule has 26 heavy (non-hydrogen) atoms. The molecular formula is C22H23N3O. The third kappa shape index (κ3) is 2.36. The van der Waals surface area contributed by atoms with E-state index in [1.165, 1.54) is 53.6 Å². The second-order valence-corrected chi connectivity index (χ2v) is 7.77. The molecule has 1 spiro atoms. The number of benzene rings is 2. The molecule has 1 aliphatic carbocycles. The van der Waals surface area contributed by atoms with Crippen LogP contribution in [0.2, 0.25) is 0 Å². The highest BCUT2D eigenvalue weighted by atomic mass is 16.5. The molecule has 1 aromatic heterocycles. The summed E-state index contributed by atoms with van der Waals surface area (Å²) in [5.41, 5.74) is 7.91. The highest BCUT2D eigenvalue weighted by molar-refractivity contribution is 5.77. The van der Waals surface area contributed by atoms with Gasteiger partial charge in [0.2, 0.25) is 11.7 Å². The molecular weight excluding hydrogens is 322 g/mol. The SMILES string of the molecule is Cc1nc(-c2ccc(C)c(-c3ccc4c(c3)NCC43CCCC3)c2)no1. The molecule has 1 fully saturated rings. The van der Waals surface area contributed by atoms with Crippen molar-refractivity contribution in [3.05, 3.63) is 53.4 Å². The molecule has 0 unspecified atom stereocenters. The van der Waals surface area contributed by atoms with Crippen LogP contribution >= 0.6 is 0 Å². The largest absolute Gasteiger partial charge is 0.384 e. The highest BCUT2D eigenvalue weighted by Gasteiger charge is 2.40. The summed E-state index contributed by atoms with van der Waals surface area (Å²) >= 11 is 0. The monoisotopic (exact) mass is 345 g/mol. The minimum atomic E-state index is 0.382. The van der Waals surface area contributed by atoms with Crippen LogP contribution in [0.5, 0.6) is 0 Å². The maximum Gasteiger partial charge on any atom is 0.223 e. The Balaban J connectivity index is 1.56. The Morgan fingerprint density at radius 3 is 2.58 bits per heavy atom. The minimum Gasteiger partial charge on any atom is -0.384 e. The van der Waals surface area contributed by atoms with Gasteiger partial charge in [0.05, 0.1) is 0 Å². The molecule has 4 nitrogen and oxygen atoms in total. The van der Waals surface area contributed by atoms with Crippen LogP contribution in [0.1, 0.15) is 42.7 Å². The van der Waals surface area contributed by atoms with Crippen LogP contribution < -0.4 is 5.32 Å². The summed E-state index contributed by atoms with van der Waals surface area (Å²) in [4.78, 5) is 4.36. The summed E-state index contributed by atoms with van der Waals surface area (Å²) in [6.45, 7) is 5.06. The van der Waals surface area contributed by atoms with E-state index in [0.29, 0.717) is 17.1 Å². The molecule has 3 aromatic rings. The van der Waals surface area contributed by atoms with E-state index < -0.39 is 0 Å². The number of nitrogens with one attached hydrogen (secondary N) is 1. The molecule has 5 rings (SSSR count). The first-order chi connectivity index (χ1) is 12.6. The van der Waals surface area contributed by atoms with Gasteiger partial charge in [-0.1, -0.05) is 42.3 Å². The molecule has 0 saturated heterocycles. The number of fused-ring (bicyclic) bond motifs is 2. The first-order valence-corrected chi connectivity index (χ1v) is 9.45. The predicted octanol–water partition coefficient (Wildman–Crippen LogP) is 5.26. The van der Waals surface area contributed by atoms with Crippen molar-refractivity contribution in [1.29, 1.82) is 0 Å². The lowest BCUT2D eigenvalue weighted by molar-refractivity contribution is 0.394. The molecule has 2 aliphatic rings. The molecule has 2 heterocycles. The van der Waals surface area contributed by atoms with Crippen LogP contribution in [0.3, 0.4) is 0 Å². The topological polar surface area (TPSA) is 51.0 Å². The molecule has 0 radical (unpaired) electrons. The highest BCUT2D eigenvalue weighted by Crippen LogP contribution is 2.48. The first kappa shape index (κ1) is 15.6. The van der Waals surface area contributed by atoms with Gasteiger partial charge in [-0.05, 0) is 54.2 Å². The van der Waals surface area contributed by atoms with Crippen molar-refractivity contribution < 1.29 is 4.52 Å². The van der Waals surface area contributed by atoms with E-state index >= 15 is 0 Å². The van der Waals surface area contributed by atoms with Crippen LogP contribution in [0.25, 0.3) is 22.5 Å². The fourth-order valence-corrected chi connectivity index (χ4v) is 4.67. The number of hydrogen-bond donors (Lipinski definition) is 1. The molecule has 1 aliphatic heterocycles. The Bertz CT molecular complexity index is 983. The van der Waals surface area contributed by atoms with Crippen LogP contribution in [0.15, 0.2) is 40.9 Å². The zero-order valence-corrected chi connectivity index (χ0v) is 15.3. The van der Waals surface area contributed by atoms with Crippen LogP contribution in [0.4, 0.5) is 5.69 Å². The van der Waals surface area contributed by atoms with Crippen molar-refractivity contribution in [2.75, 3.05) is 11.9 Å². The van der Waals surface area contributed by atoms with Crippen molar-refractivity contribution in [2.45, 2.75) is 44.9 Å². The molecule has 0 bridgehead atoms. The van der Waals surface area contributed by atoms with Crippen LogP contribution in [-0.4, -0.2) is 16.7 Å². The van der Waals surface area contributed by atoms with Gasteiger partial charge in [0.1, 0.15) is 0 Å². The van der Waals surface area contributed by atoms with E-state index in [-0.39, 0.29) is 0 Å². The third-order valence-electron chi connectivity index (χ3n) is 6.10. The molecule has 0 atom stereocenters. The first-order valence-electron chi connectivity index (χ1n) is 9.45. The summed E-state index contributed by atoms with van der Waals surface area (Å²) in [5, 5.41) is 7.73. The Morgan fingerprint density at radius 1 is 1.00 bits per heavy atom. The van der Waals surface area contributed by atoms with Crippen LogP contribution in [0, 0.1) is 13.8 Å². The molecule has 1 saturated carbocycles. The summed E-state index contributed by atoms with van der Waals surface area (Å²) < 4.78 is 5.14. The lowest BCUT2D eigenvalue weighted by Gasteiger charge is -2.22. The average Bonchev–Trinajstić information content (AvgIpc) is 3.38. The van der Waals surface area contributed by atoms with Crippen LogP contribution in [-0.2, 0) is 5.41 Å². The summed E-state index contributed by atoms with van der Waals surface area (Å²) in [7, 11) is 0. The number of hydrogen-bond acceptors (Lipinski definition) is 4. The normalized spacial score (nSPS) is 17.5. The Kier molecular flexibility index (Phi) is 3.42. The lowest BCUT2D eigenvalue weighted by atomic mass is 9.80. The van der Waals surface area contributed by atoms with E-state index in [0.717, 1.165) is 12.1 Å². The number of aromatic nitrogens is 2. The van der Waals surface area contributed by atoms with E-state index in [4.69, 9.17) is 4.52 Å². The Labute approximate surface area is 153 Å². The predicted molar refractivity (Wildman–Crippen MR) is 103 cm³/mol. The number of nitrogens with zero attached hydrogens (tertiary/aromatic N) is 2. The van der Waals surface area contributed by atoms with Gasteiger partial charge in [0.15, 0.2) is 0 Å². The molecule has 0 amide bonds. The Morgan fingerprint density at radius 2 is 1.81 bits per heavy atom. The number of rotatable bonds is 2. The lowest BCUT2D eigenvalue weighted by Crippen LogP contribution is -2.23. The van der Waals surface area contributed by atoms with Crippen molar-refractivity contribution in [3.8, 4) is 22.5 Å². The fourth-order valence-electron chi connectivity index (χ4n) is 4.67. The molecule has 2 aromatic carbocycles. The number of anilines is 1. The van der Waals surface area contributed by atoms with E-state index in [9.17, 15) is 0 Å². The third-order valence-corrected chi connectivity index (χ3v) is 6.10. The zero-order valence-electron chi connectivity index (χ0n) is 15.3. The van der Waals surface area contributed by atoms with Gasteiger partial charge in [0, 0.05) is 30.1 Å². The quantitative estimate of drug-likeness (QED) is 0.688. The van der Waals surface area contributed by atoms with Crippen molar-refractivity contribution in [3.63, 3.8) is 0 Å². The van der Waals surface area contributed by atoms with E-state index in [1.54, 1.807) is 0 Å². The van der Waals surface area contributed by atoms with Gasteiger partial charge < -0.3 is 9.84 Å². The van der Waals surface area contributed by atoms with Gasteiger partial charge in [-0.2, -0.15) is 4.98 Å². The second-order valence-electron chi connectivity index (χ2n) is 7.77. The maximum atomic E-state index is 5.14.